The van der Waals surface area contributed by atoms with Gasteiger partial charge in [0.25, 0.3) is 0 Å². The third-order valence-electron chi connectivity index (χ3n) is 2.86. The molecule has 0 spiro atoms. The van der Waals surface area contributed by atoms with Crippen LogP contribution in [-0.2, 0) is 14.3 Å². The van der Waals surface area contributed by atoms with Gasteiger partial charge in [-0.3, -0.25) is 4.79 Å². The number of ether oxygens (including phenoxy) is 2. The zero-order valence-corrected chi connectivity index (χ0v) is 10.1. The molecule has 1 aromatic rings. The molecule has 0 amide bonds. The molecule has 0 saturated carbocycles. The van der Waals surface area contributed by atoms with Gasteiger partial charge < -0.3 is 14.8 Å². The molecule has 2 atom stereocenters. The first-order valence-corrected chi connectivity index (χ1v) is 5.78. The smallest absolute Gasteiger partial charge is 0.338 e. The van der Waals surface area contributed by atoms with E-state index < -0.39 is 0 Å². The van der Waals surface area contributed by atoms with E-state index in [4.69, 9.17) is 4.74 Å². The van der Waals surface area contributed by atoms with Crippen molar-refractivity contribution >= 4 is 11.9 Å². The number of carbonyl (C=O) groups is 2. The summed E-state index contributed by atoms with van der Waals surface area (Å²) < 4.78 is 9.94. The van der Waals surface area contributed by atoms with E-state index in [2.05, 4.69) is 10.1 Å². The van der Waals surface area contributed by atoms with Crippen LogP contribution >= 0.6 is 0 Å². The summed E-state index contributed by atoms with van der Waals surface area (Å²) in [5.41, 5.74) is 0.513. The number of benzene rings is 1. The Morgan fingerprint density at radius 2 is 2.00 bits per heavy atom. The highest BCUT2D eigenvalue weighted by Crippen LogP contribution is 2.14. The van der Waals surface area contributed by atoms with Gasteiger partial charge in [-0.1, -0.05) is 18.2 Å². The predicted octanol–water partition coefficient (Wildman–Crippen LogP) is 0.747. The maximum absolute atomic E-state index is 11.8. The van der Waals surface area contributed by atoms with Crippen LogP contribution < -0.4 is 5.32 Å². The Morgan fingerprint density at radius 1 is 1.28 bits per heavy atom. The average Bonchev–Trinajstić information content (AvgIpc) is 2.87. The van der Waals surface area contributed by atoms with Gasteiger partial charge in [0.15, 0.2) is 0 Å². The summed E-state index contributed by atoms with van der Waals surface area (Å²) in [5.74, 6) is -0.693. The number of esters is 2. The highest BCUT2D eigenvalue weighted by atomic mass is 16.5. The Hall–Kier alpha value is -1.88. The van der Waals surface area contributed by atoms with Crippen LogP contribution in [0.3, 0.4) is 0 Å². The summed E-state index contributed by atoms with van der Waals surface area (Å²) >= 11 is 0. The minimum Gasteiger partial charge on any atom is -0.468 e. The highest BCUT2D eigenvalue weighted by Gasteiger charge is 2.32. The normalized spacial score (nSPS) is 22.5. The van der Waals surface area contributed by atoms with Crippen LogP contribution in [0.2, 0.25) is 0 Å². The van der Waals surface area contributed by atoms with Crippen LogP contribution in [0.15, 0.2) is 30.3 Å². The van der Waals surface area contributed by atoms with E-state index >= 15 is 0 Å². The quantitative estimate of drug-likeness (QED) is 0.801. The van der Waals surface area contributed by atoms with E-state index in [1.54, 1.807) is 24.3 Å². The van der Waals surface area contributed by atoms with E-state index in [9.17, 15) is 9.59 Å². The highest BCUT2D eigenvalue weighted by molar-refractivity contribution is 5.89. The van der Waals surface area contributed by atoms with Crippen molar-refractivity contribution in [3.8, 4) is 0 Å². The molecule has 1 aliphatic rings. The summed E-state index contributed by atoms with van der Waals surface area (Å²) in [4.78, 5) is 23.1. The van der Waals surface area contributed by atoms with Crippen molar-refractivity contribution in [2.75, 3.05) is 13.7 Å². The predicted molar refractivity (Wildman–Crippen MR) is 64.1 cm³/mol. The molecule has 0 unspecified atom stereocenters. The largest absolute Gasteiger partial charge is 0.468 e. The lowest BCUT2D eigenvalue weighted by molar-refractivity contribution is -0.142. The fourth-order valence-electron chi connectivity index (χ4n) is 1.91. The van der Waals surface area contributed by atoms with Gasteiger partial charge in [0.1, 0.15) is 12.1 Å². The Morgan fingerprint density at radius 3 is 2.67 bits per heavy atom. The molecule has 0 aliphatic carbocycles. The molecule has 1 fully saturated rings. The van der Waals surface area contributed by atoms with Gasteiger partial charge in [-0.05, 0) is 12.1 Å². The fraction of sp³-hybridized carbons (Fsp3) is 0.385. The molecule has 1 N–H and O–H groups in total. The van der Waals surface area contributed by atoms with E-state index in [1.807, 2.05) is 6.07 Å². The second-order valence-electron chi connectivity index (χ2n) is 4.11. The maximum atomic E-state index is 11.8. The minimum atomic E-state index is -0.386. The first kappa shape index (κ1) is 12.6. The molecule has 96 valence electrons. The molecule has 18 heavy (non-hydrogen) atoms. The lowest BCUT2D eigenvalue weighted by Crippen LogP contribution is -2.31. The number of hydrogen-bond acceptors (Lipinski definition) is 5. The number of nitrogens with one attached hydrogen (secondary N) is 1. The van der Waals surface area contributed by atoms with Crippen LogP contribution in [0.1, 0.15) is 16.8 Å². The first-order valence-electron chi connectivity index (χ1n) is 5.78. The molecule has 0 bridgehead atoms. The van der Waals surface area contributed by atoms with E-state index in [1.165, 1.54) is 7.11 Å². The van der Waals surface area contributed by atoms with Crippen molar-refractivity contribution in [3.05, 3.63) is 35.9 Å². The zero-order chi connectivity index (χ0) is 13.0. The molecule has 1 aliphatic heterocycles. The molecule has 1 saturated heterocycles. The number of methoxy groups -OCH3 is 1. The van der Waals surface area contributed by atoms with E-state index in [-0.39, 0.29) is 24.1 Å². The molecule has 0 aromatic heterocycles. The molecule has 5 heteroatoms. The third kappa shape index (κ3) is 2.87. The molecular formula is C13H15NO4. The molecular weight excluding hydrogens is 234 g/mol. The Kier molecular flexibility index (Phi) is 3.94. The van der Waals surface area contributed by atoms with Gasteiger partial charge in [0.05, 0.1) is 12.7 Å². The Balaban J connectivity index is 1.89. The lowest BCUT2D eigenvalue weighted by Gasteiger charge is -2.11. The van der Waals surface area contributed by atoms with Crippen LogP contribution in [0.4, 0.5) is 0 Å². The number of hydrogen-bond donors (Lipinski definition) is 1. The summed E-state index contributed by atoms with van der Waals surface area (Å²) in [6.45, 7) is 0.471. The zero-order valence-electron chi connectivity index (χ0n) is 10.1. The van der Waals surface area contributed by atoms with Gasteiger partial charge in [-0.2, -0.15) is 0 Å². The average molecular weight is 249 g/mol. The van der Waals surface area contributed by atoms with Gasteiger partial charge in [-0.25, -0.2) is 4.79 Å². The van der Waals surface area contributed by atoms with Crippen molar-refractivity contribution in [1.29, 1.82) is 0 Å². The fourth-order valence-corrected chi connectivity index (χ4v) is 1.91. The number of carbonyl (C=O) groups excluding carboxylic acids is 2. The van der Waals surface area contributed by atoms with Gasteiger partial charge in [-0.15, -0.1) is 0 Å². The van der Waals surface area contributed by atoms with Gasteiger partial charge >= 0.3 is 11.9 Å². The summed E-state index contributed by atoms with van der Waals surface area (Å²) in [5, 5.41) is 2.96. The summed E-state index contributed by atoms with van der Waals surface area (Å²) in [7, 11) is 1.34. The van der Waals surface area contributed by atoms with Crippen LogP contribution in [0.5, 0.6) is 0 Å². The summed E-state index contributed by atoms with van der Waals surface area (Å²) in [6, 6.07) is 8.40. The van der Waals surface area contributed by atoms with Crippen molar-refractivity contribution in [3.63, 3.8) is 0 Å². The van der Waals surface area contributed by atoms with Crippen LogP contribution in [0.25, 0.3) is 0 Å². The van der Waals surface area contributed by atoms with E-state index in [0.717, 1.165) is 0 Å². The van der Waals surface area contributed by atoms with Crippen molar-refractivity contribution < 1.29 is 19.1 Å². The van der Waals surface area contributed by atoms with Crippen molar-refractivity contribution in [1.82, 2.24) is 5.32 Å². The van der Waals surface area contributed by atoms with Crippen molar-refractivity contribution in [2.24, 2.45) is 0 Å². The number of rotatable bonds is 3. The summed E-state index contributed by atoms with van der Waals surface area (Å²) in [6.07, 6.45) is 0.160. The second-order valence-corrected chi connectivity index (χ2v) is 4.11. The molecule has 0 radical (unpaired) electrons. The standard InChI is InChI=1S/C13H15NO4/c1-17-13(16)11-7-10(8-14-11)18-12(15)9-5-3-2-4-6-9/h2-6,10-11,14H,7-8H2,1H3/t10-,11-/m0/s1. The second kappa shape index (κ2) is 5.64. The SMILES string of the molecule is COC(=O)[C@@H]1C[C@H](OC(=O)c2ccccc2)CN1. The van der Waals surface area contributed by atoms with Crippen LogP contribution in [0, 0.1) is 0 Å². The molecule has 1 heterocycles. The molecule has 2 rings (SSSR count). The van der Waals surface area contributed by atoms with Gasteiger partial charge in [0, 0.05) is 13.0 Å². The lowest BCUT2D eigenvalue weighted by atomic mass is 10.2. The first-order chi connectivity index (χ1) is 8.70. The molecule has 5 nitrogen and oxygen atoms in total. The topological polar surface area (TPSA) is 64.6 Å². The monoisotopic (exact) mass is 249 g/mol. The Bertz CT molecular complexity index is 432. The molecule has 1 aromatic carbocycles. The Labute approximate surface area is 105 Å². The minimum absolute atomic E-state index is 0.290. The van der Waals surface area contributed by atoms with Crippen molar-refractivity contribution in [2.45, 2.75) is 18.6 Å². The third-order valence-corrected chi connectivity index (χ3v) is 2.86. The van der Waals surface area contributed by atoms with Crippen LogP contribution in [-0.4, -0.2) is 37.7 Å². The maximum Gasteiger partial charge on any atom is 0.338 e. The van der Waals surface area contributed by atoms with E-state index in [0.29, 0.717) is 18.5 Å². The van der Waals surface area contributed by atoms with Gasteiger partial charge in [0.2, 0.25) is 0 Å².